The first-order valence-corrected chi connectivity index (χ1v) is 8.37. The van der Waals surface area contributed by atoms with Crippen LogP contribution in [0.5, 0.6) is 0 Å². The maximum Gasteiger partial charge on any atom is 0.243 e. The molecule has 2 N–H and O–H groups in total. The molecular formula is C14H21N3O3S. The Morgan fingerprint density at radius 2 is 1.67 bits per heavy atom. The molecule has 1 unspecified atom stereocenters. The van der Waals surface area contributed by atoms with E-state index in [1.54, 1.807) is 29.2 Å². The summed E-state index contributed by atoms with van der Waals surface area (Å²) in [5.74, 6) is -0.0201. The van der Waals surface area contributed by atoms with E-state index in [1.807, 2.05) is 6.92 Å². The minimum absolute atomic E-state index is 0.0201. The first-order valence-electron chi connectivity index (χ1n) is 6.93. The van der Waals surface area contributed by atoms with Crippen LogP contribution in [0.4, 0.5) is 0 Å². The maximum absolute atomic E-state index is 12.5. The monoisotopic (exact) mass is 311 g/mol. The highest BCUT2D eigenvalue weighted by atomic mass is 32.2. The van der Waals surface area contributed by atoms with Crippen LogP contribution in [0.25, 0.3) is 0 Å². The molecule has 1 amide bonds. The zero-order valence-electron chi connectivity index (χ0n) is 12.3. The average molecular weight is 311 g/mol. The summed E-state index contributed by atoms with van der Waals surface area (Å²) in [6.45, 7) is 4.88. The molecule has 21 heavy (non-hydrogen) atoms. The summed E-state index contributed by atoms with van der Waals surface area (Å²) in [7, 11) is -3.50. The Bertz CT molecular complexity index is 603. The minimum atomic E-state index is -3.50. The van der Waals surface area contributed by atoms with Crippen molar-refractivity contribution in [2.24, 2.45) is 5.73 Å². The normalized spacial score (nSPS) is 18.5. The molecule has 7 heteroatoms. The lowest BCUT2D eigenvalue weighted by atomic mass is 10.1. The number of nitrogens with zero attached hydrogens (tertiary/aromatic N) is 2. The van der Waals surface area contributed by atoms with Gasteiger partial charge in [0.2, 0.25) is 15.9 Å². The van der Waals surface area contributed by atoms with Gasteiger partial charge >= 0.3 is 0 Å². The van der Waals surface area contributed by atoms with Gasteiger partial charge in [0.05, 0.1) is 4.90 Å². The van der Waals surface area contributed by atoms with Gasteiger partial charge in [-0.3, -0.25) is 4.79 Å². The summed E-state index contributed by atoms with van der Waals surface area (Å²) >= 11 is 0. The average Bonchev–Trinajstić information content (AvgIpc) is 2.47. The van der Waals surface area contributed by atoms with Crippen LogP contribution in [0.15, 0.2) is 29.2 Å². The van der Waals surface area contributed by atoms with Gasteiger partial charge < -0.3 is 10.6 Å². The molecular weight excluding hydrogens is 290 g/mol. The van der Waals surface area contributed by atoms with E-state index in [4.69, 9.17) is 5.73 Å². The van der Waals surface area contributed by atoms with Gasteiger partial charge in [0.25, 0.3) is 0 Å². The minimum Gasteiger partial charge on any atom is -0.340 e. The molecule has 1 aromatic carbocycles. The Morgan fingerprint density at radius 1 is 1.14 bits per heavy atom. The Morgan fingerprint density at radius 3 is 2.10 bits per heavy atom. The summed E-state index contributed by atoms with van der Waals surface area (Å²) < 4.78 is 26.5. The third kappa shape index (κ3) is 3.42. The molecule has 0 spiro atoms. The molecule has 0 radical (unpaired) electrons. The summed E-state index contributed by atoms with van der Waals surface area (Å²) in [5, 5.41) is 0. The summed E-state index contributed by atoms with van der Waals surface area (Å²) in [6, 6.07) is 6.53. The van der Waals surface area contributed by atoms with Gasteiger partial charge in [0, 0.05) is 39.1 Å². The van der Waals surface area contributed by atoms with Crippen molar-refractivity contribution >= 4 is 15.9 Å². The SMILES string of the molecule is CC(=O)N1CCN(S(=O)(=O)c2ccc(C(C)N)cc2)CC1. The lowest BCUT2D eigenvalue weighted by Gasteiger charge is -2.33. The first kappa shape index (κ1) is 15.9. The maximum atomic E-state index is 12.5. The number of nitrogens with two attached hydrogens (primary N) is 1. The molecule has 0 aliphatic carbocycles. The van der Waals surface area contributed by atoms with E-state index in [0.29, 0.717) is 26.2 Å². The predicted molar refractivity (Wildman–Crippen MR) is 80.1 cm³/mol. The fourth-order valence-corrected chi connectivity index (χ4v) is 3.76. The van der Waals surface area contributed by atoms with Crippen molar-refractivity contribution in [3.63, 3.8) is 0 Å². The van der Waals surface area contributed by atoms with Gasteiger partial charge in [-0.25, -0.2) is 8.42 Å². The second-order valence-corrected chi connectivity index (χ2v) is 7.21. The Balaban J connectivity index is 2.13. The highest BCUT2D eigenvalue weighted by Crippen LogP contribution is 2.20. The molecule has 1 heterocycles. The largest absolute Gasteiger partial charge is 0.340 e. The molecule has 6 nitrogen and oxygen atoms in total. The van der Waals surface area contributed by atoms with Crippen molar-refractivity contribution < 1.29 is 13.2 Å². The van der Waals surface area contributed by atoms with Gasteiger partial charge in [-0.2, -0.15) is 4.31 Å². The molecule has 1 atom stereocenters. The Labute approximate surface area is 125 Å². The van der Waals surface area contributed by atoms with Crippen molar-refractivity contribution in [3.05, 3.63) is 29.8 Å². The number of benzene rings is 1. The van der Waals surface area contributed by atoms with Crippen LogP contribution in [0, 0.1) is 0 Å². The van der Waals surface area contributed by atoms with Crippen LogP contribution >= 0.6 is 0 Å². The number of amides is 1. The third-order valence-electron chi connectivity index (χ3n) is 3.73. The number of hydrogen-bond acceptors (Lipinski definition) is 4. The number of piperazine rings is 1. The fraction of sp³-hybridized carbons (Fsp3) is 0.500. The lowest BCUT2D eigenvalue weighted by Crippen LogP contribution is -2.49. The van der Waals surface area contributed by atoms with Crippen molar-refractivity contribution in [2.45, 2.75) is 24.8 Å². The lowest BCUT2D eigenvalue weighted by molar-refractivity contribution is -0.129. The highest BCUT2D eigenvalue weighted by Gasteiger charge is 2.29. The number of hydrogen-bond donors (Lipinski definition) is 1. The van der Waals surface area contributed by atoms with Crippen molar-refractivity contribution in [1.82, 2.24) is 9.21 Å². The molecule has 0 aromatic heterocycles. The molecule has 0 bridgehead atoms. The molecule has 0 saturated carbocycles. The van der Waals surface area contributed by atoms with Gasteiger partial charge in [0.1, 0.15) is 0 Å². The van der Waals surface area contributed by atoms with E-state index in [0.717, 1.165) is 5.56 Å². The van der Waals surface area contributed by atoms with Crippen LogP contribution in [-0.2, 0) is 14.8 Å². The van der Waals surface area contributed by atoms with Crippen LogP contribution in [0.1, 0.15) is 25.5 Å². The van der Waals surface area contributed by atoms with Gasteiger partial charge in [-0.1, -0.05) is 12.1 Å². The predicted octanol–water partition coefficient (Wildman–Crippen LogP) is 0.559. The fourth-order valence-electron chi connectivity index (χ4n) is 2.34. The van der Waals surface area contributed by atoms with Crippen LogP contribution < -0.4 is 5.73 Å². The molecule has 116 valence electrons. The summed E-state index contributed by atoms with van der Waals surface area (Å²) in [4.78, 5) is 13.2. The standard InChI is InChI=1S/C14H21N3O3S/c1-11(15)13-3-5-14(6-4-13)21(19,20)17-9-7-16(8-10-17)12(2)18/h3-6,11H,7-10,15H2,1-2H3. The van der Waals surface area contributed by atoms with E-state index in [2.05, 4.69) is 0 Å². The smallest absolute Gasteiger partial charge is 0.243 e. The summed E-state index contributed by atoms with van der Waals surface area (Å²) in [6.07, 6.45) is 0. The topological polar surface area (TPSA) is 83.7 Å². The number of carbonyl (C=O) groups excluding carboxylic acids is 1. The molecule has 2 rings (SSSR count). The van der Waals surface area contributed by atoms with E-state index in [1.165, 1.54) is 11.2 Å². The second-order valence-electron chi connectivity index (χ2n) is 5.27. The molecule has 1 aromatic rings. The molecule has 1 fully saturated rings. The number of rotatable bonds is 3. The number of sulfonamides is 1. The van der Waals surface area contributed by atoms with Crippen LogP contribution in [0.3, 0.4) is 0 Å². The van der Waals surface area contributed by atoms with Crippen LogP contribution in [0.2, 0.25) is 0 Å². The van der Waals surface area contributed by atoms with E-state index in [-0.39, 0.29) is 16.8 Å². The number of carbonyl (C=O) groups is 1. The van der Waals surface area contributed by atoms with Gasteiger partial charge in [-0.15, -0.1) is 0 Å². The molecule has 1 saturated heterocycles. The molecule has 1 aliphatic rings. The van der Waals surface area contributed by atoms with Gasteiger partial charge in [0.15, 0.2) is 0 Å². The van der Waals surface area contributed by atoms with Crippen molar-refractivity contribution in [2.75, 3.05) is 26.2 Å². The third-order valence-corrected chi connectivity index (χ3v) is 5.64. The molecule has 1 aliphatic heterocycles. The quantitative estimate of drug-likeness (QED) is 0.884. The zero-order chi connectivity index (χ0) is 15.6. The van der Waals surface area contributed by atoms with E-state index < -0.39 is 10.0 Å². The van der Waals surface area contributed by atoms with E-state index in [9.17, 15) is 13.2 Å². The highest BCUT2D eigenvalue weighted by molar-refractivity contribution is 7.89. The van der Waals surface area contributed by atoms with Crippen molar-refractivity contribution in [1.29, 1.82) is 0 Å². The van der Waals surface area contributed by atoms with Crippen molar-refractivity contribution in [3.8, 4) is 0 Å². The zero-order valence-corrected chi connectivity index (χ0v) is 13.1. The summed E-state index contributed by atoms with van der Waals surface area (Å²) in [5.41, 5.74) is 6.66. The first-order chi connectivity index (χ1) is 9.82. The Kier molecular flexibility index (Phi) is 4.65. The second kappa shape index (κ2) is 6.13. The van der Waals surface area contributed by atoms with Crippen LogP contribution in [-0.4, -0.2) is 49.7 Å². The van der Waals surface area contributed by atoms with E-state index >= 15 is 0 Å². The Hall–Kier alpha value is -1.44. The van der Waals surface area contributed by atoms with Gasteiger partial charge in [-0.05, 0) is 24.6 Å².